The van der Waals surface area contributed by atoms with Crippen molar-refractivity contribution in [2.75, 3.05) is 18.4 Å². The van der Waals surface area contributed by atoms with Crippen LogP contribution in [0.5, 0.6) is 0 Å². The van der Waals surface area contributed by atoms with Crippen molar-refractivity contribution in [3.8, 4) is 0 Å². The average Bonchev–Trinajstić information content (AvgIpc) is 2.65. The van der Waals surface area contributed by atoms with Gasteiger partial charge in [0.25, 0.3) is 0 Å². The monoisotopic (exact) mass is 351 g/mol. The number of carbonyl (C=O) groups excluding carboxylic acids is 3. The molecule has 0 aromatic heterocycles. The molecule has 0 unspecified atom stereocenters. The van der Waals surface area contributed by atoms with Gasteiger partial charge in [-0.1, -0.05) is 24.3 Å². The molecule has 134 valence electrons. The second-order valence-corrected chi connectivity index (χ2v) is 6.32. The van der Waals surface area contributed by atoms with Crippen LogP contribution in [-0.4, -0.2) is 36.6 Å². The van der Waals surface area contributed by atoms with E-state index in [0.29, 0.717) is 41.8 Å². The maximum absolute atomic E-state index is 12.7. The van der Waals surface area contributed by atoms with Crippen molar-refractivity contribution in [3.05, 3.63) is 64.7 Å². The standard InChI is InChI=1S/C20H21N3O3/c1-12(21)20(26)23-10-4-9-22-13-7-8-16-17(11-13)19(25)15-6-3-2-5-14(15)18(16)24/h2-3,5-8,11-12,22H,4,9-10,21H2,1H3,(H,23,26)/t12-/m1/s1. The zero-order chi connectivity index (χ0) is 18.7. The van der Waals surface area contributed by atoms with E-state index in [-0.39, 0.29) is 17.5 Å². The fourth-order valence-electron chi connectivity index (χ4n) is 2.90. The fourth-order valence-corrected chi connectivity index (χ4v) is 2.90. The number of ketones is 2. The highest BCUT2D eigenvalue weighted by molar-refractivity contribution is 6.28. The van der Waals surface area contributed by atoms with E-state index in [9.17, 15) is 14.4 Å². The van der Waals surface area contributed by atoms with Gasteiger partial charge in [0.15, 0.2) is 11.6 Å². The number of carbonyl (C=O) groups is 3. The minimum Gasteiger partial charge on any atom is -0.385 e. The van der Waals surface area contributed by atoms with Crippen molar-refractivity contribution in [2.45, 2.75) is 19.4 Å². The number of hydrogen-bond acceptors (Lipinski definition) is 5. The maximum atomic E-state index is 12.7. The van der Waals surface area contributed by atoms with Crippen molar-refractivity contribution in [1.29, 1.82) is 0 Å². The number of amides is 1. The lowest BCUT2D eigenvalue weighted by atomic mass is 9.84. The predicted octanol–water partition coefficient (Wildman–Crippen LogP) is 1.73. The van der Waals surface area contributed by atoms with Crippen LogP contribution in [0.1, 0.15) is 45.2 Å². The smallest absolute Gasteiger partial charge is 0.236 e. The Morgan fingerprint density at radius 2 is 1.58 bits per heavy atom. The quantitative estimate of drug-likeness (QED) is 0.587. The molecule has 0 bridgehead atoms. The summed E-state index contributed by atoms with van der Waals surface area (Å²) in [6.07, 6.45) is 0.714. The highest BCUT2D eigenvalue weighted by atomic mass is 16.2. The summed E-state index contributed by atoms with van der Waals surface area (Å²) < 4.78 is 0. The first-order valence-corrected chi connectivity index (χ1v) is 8.58. The van der Waals surface area contributed by atoms with Crippen molar-refractivity contribution in [2.24, 2.45) is 5.73 Å². The van der Waals surface area contributed by atoms with Gasteiger partial charge in [-0.15, -0.1) is 0 Å². The summed E-state index contributed by atoms with van der Waals surface area (Å²) in [7, 11) is 0. The molecule has 1 amide bonds. The maximum Gasteiger partial charge on any atom is 0.236 e. The van der Waals surface area contributed by atoms with Crippen molar-refractivity contribution in [3.63, 3.8) is 0 Å². The highest BCUT2D eigenvalue weighted by Gasteiger charge is 2.29. The molecule has 2 aromatic rings. The molecule has 0 heterocycles. The summed E-state index contributed by atoms with van der Waals surface area (Å²) in [5, 5.41) is 5.95. The van der Waals surface area contributed by atoms with Crippen LogP contribution >= 0.6 is 0 Å². The Kier molecular flexibility index (Phi) is 5.14. The molecular formula is C20H21N3O3. The second kappa shape index (κ2) is 7.49. The minimum absolute atomic E-state index is 0.125. The molecule has 6 nitrogen and oxygen atoms in total. The van der Waals surface area contributed by atoms with E-state index in [1.165, 1.54) is 0 Å². The minimum atomic E-state index is -0.518. The number of nitrogens with one attached hydrogen (secondary N) is 2. The molecule has 1 aliphatic rings. The molecule has 0 saturated carbocycles. The van der Waals surface area contributed by atoms with E-state index in [1.54, 1.807) is 49.4 Å². The van der Waals surface area contributed by atoms with Crippen LogP contribution in [0.3, 0.4) is 0 Å². The Bertz CT molecular complexity index is 874. The van der Waals surface area contributed by atoms with Gasteiger partial charge in [0.2, 0.25) is 5.91 Å². The fraction of sp³-hybridized carbons (Fsp3) is 0.250. The Morgan fingerprint density at radius 1 is 0.962 bits per heavy atom. The second-order valence-electron chi connectivity index (χ2n) is 6.32. The van der Waals surface area contributed by atoms with E-state index in [4.69, 9.17) is 5.73 Å². The molecule has 0 fully saturated rings. The van der Waals surface area contributed by atoms with Gasteiger partial charge in [-0.25, -0.2) is 0 Å². The summed E-state index contributed by atoms with van der Waals surface area (Å²) in [5.41, 5.74) is 8.00. The number of nitrogens with two attached hydrogens (primary N) is 1. The molecule has 1 aliphatic carbocycles. The molecule has 2 aromatic carbocycles. The molecule has 3 rings (SSSR count). The van der Waals surface area contributed by atoms with Gasteiger partial charge in [0.1, 0.15) is 0 Å². The van der Waals surface area contributed by atoms with Gasteiger partial charge in [-0.2, -0.15) is 0 Å². The molecule has 6 heteroatoms. The first-order valence-electron chi connectivity index (χ1n) is 8.58. The van der Waals surface area contributed by atoms with Gasteiger partial charge in [-0.3, -0.25) is 14.4 Å². The van der Waals surface area contributed by atoms with Gasteiger partial charge >= 0.3 is 0 Å². The third-order valence-corrected chi connectivity index (χ3v) is 4.32. The molecule has 0 aliphatic heterocycles. The van der Waals surface area contributed by atoms with E-state index in [0.717, 1.165) is 5.69 Å². The number of fused-ring (bicyclic) bond motifs is 2. The lowest BCUT2D eigenvalue weighted by Gasteiger charge is -2.18. The van der Waals surface area contributed by atoms with E-state index in [1.807, 2.05) is 0 Å². The average molecular weight is 351 g/mol. The summed E-state index contributed by atoms with van der Waals surface area (Å²) in [4.78, 5) is 36.6. The molecule has 1 atom stereocenters. The van der Waals surface area contributed by atoms with Crippen molar-refractivity contribution < 1.29 is 14.4 Å². The lowest BCUT2D eigenvalue weighted by molar-refractivity contribution is -0.121. The van der Waals surface area contributed by atoms with E-state index in [2.05, 4.69) is 10.6 Å². The summed E-state index contributed by atoms with van der Waals surface area (Å²) >= 11 is 0. The summed E-state index contributed by atoms with van der Waals surface area (Å²) in [5.74, 6) is -0.440. The first-order chi connectivity index (χ1) is 12.5. The predicted molar refractivity (Wildman–Crippen MR) is 99.5 cm³/mol. The molecule has 0 radical (unpaired) electrons. The topological polar surface area (TPSA) is 101 Å². The van der Waals surface area contributed by atoms with E-state index < -0.39 is 6.04 Å². The lowest BCUT2D eigenvalue weighted by Crippen LogP contribution is -2.39. The van der Waals surface area contributed by atoms with Gasteiger partial charge in [-0.05, 0) is 31.5 Å². The van der Waals surface area contributed by atoms with Crippen LogP contribution in [0.4, 0.5) is 5.69 Å². The van der Waals surface area contributed by atoms with Crippen molar-refractivity contribution in [1.82, 2.24) is 5.32 Å². The SMILES string of the molecule is C[C@@H](N)C(=O)NCCCNc1ccc2c(c1)C(=O)c1ccccc1C2=O. The normalized spacial score (nSPS) is 13.6. The Morgan fingerprint density at radius 3 is 2.23 bits per heavy atom. The number of hydrogen-bond donors (Lipinski definition) is 3. The largest absolute Gasteiger partial charge is 0.385 e. The highest BCUT2D eigenvalue weighted by Crippen LogP contribution is 2.29. The summed E-state index contributed by atoms with van der Waals surface area (Å²) in [6, 6.07) is 11.6. The first kappa shape index (κ1) is 17.8. The van der Waals surface area contributed by atoms with Crippen LogP contribution in [0, 0.1) is 0 Å². The molecule has 0 saturated heterocycles. The zero-order valence-corrected chi connectivity index (χ0v) is 14.5. The van der Waals surface area contributed by atoms with Crippen LogP contribution in [-0.2, 0) is 4.79 Å². The van der Waals surface area contributed by atoms with Gasteiger partial charge in [0, 0.05) is 41.0 Å². The number of benzene rings is 2. The van der Waals surface area contributed by atoms with Gasteiger partial charge in [0.05, 0.1) is 6.04 Å². The number of anilines is 1. The van der Waals surface area contributed by atoms with Crippen LogP contribution in [0.15, 0.2) is 42.5 Å². The van der Waals surface area contributed by atoms with Gasteiger partial charge < -0.3 is 16.4 Å². The van der Waals surface area contributed by atoms with Crippen LogP contribution < -0.4 is 16.4 Å². The van der Waals surface area contributed by atoms with Crippen LogP contribution in [0.2, 0.25) is 0 Å². The summed E-state index contributed by atoms with van der Waals surface area (Å²) in [6.45, 7) is 2.77. The molecule has 4 N–H and O–H groups in total. The number of rotatable bonds is 6. The Hall–Kier alpha value is -2.99. The molecule has 0 spiro atoms. The third-order valence-electron chi connectivity index (χ3n) is 4.32. The van der Waals surface area contributed by atoms with E-state index >= 15 is 0 Å². The molecular weight excluding hydrogens is 330 g/mol. The molecule has 26 heavy (non-hydrogen) atoms. The third kappa shape index (κ3) is 3.50. The van der Waals surface area contributed by atoms with Crippen LogP contribution in [0.25, 0.3) is 0 Å². The zero-order valence-electron chi connectivity index (χ0n) is 14.5. The van der Waals surface area contributed by atoms with Crippen molar-refractivity contribution >= 4 is 23.2 Å². The Labute approximate surface area is 151 Å². The Balaban J connectivity index is 1.65.